The topological polar surface area (TPSA) is 12.0 Å². The molecule has 0 amide bonds. The van der Waals surface area contributed by atoms with Gasteiger partial charge >= 0.3 is 0 Å². The van der Waals surface area contributed by atoms with Crippen LogP contribution in [0.4, 0.5) is 5.69 Å². The molecule has 0 aliphatic rings. The molecule has 2 heteroatoms. The highest BCUT2D eigenvalue weighted by Crippen LogP contribution is 2.25. The largest absolute Gasteiger partial charge is 0.384 e. The smallest absolute Gasteiger partial charge is 0.0341 e. The van der Waals surface area contributed by atoms with Gasteiger partial charge in [-0.3, -0.25) is 0 Å². The van der Waals surface area contributed by atoms with Gasteiger partial charge in [-0.15, -0.1) is 0 Å². The summed E-state index contributed by atoms with van der Waals surface area (Å²) in [4.78, 5) is 0. The first kappa shape index (κ1) is 14.1. The number of hydrogen-bond acceptors (Lipinski definition) is 1. The molecule has 0 fully saturated rings. The van der Waals surface area contributed by atoms with Gasteiger partial charge in [0, 0.05) is 22.6 Å². The minimum Gasteiger partial charge on any atom is -0.384 e. The summed E-state index contributed by atoms with van der Waals surface area (Å²) in [5.74, 6) is 1.15. The molecule has 2 aromatic rings. The predicted molar refractivity (Wildman–Crippen MR) is 86.7 cm³/mol. The van der Waals surface area contributed by atoms with Crippen molar-refractivity contribution in [2.24, 2.45) is 5.92 Å². The van der Waals surface area contributed by atoms with E-state index in [1.54, 1.807) is 0 Å². The lowest BCUT2D eigenvalue weighted by Crippen LogP contribution is -2.17. The molecule has 2 aromatic carbocycles. The van der Waals surface area contributed by atoms with Gasteiger partial charge in [-0.05, 0) is 35.7 Å². The Morgan fingerprint density at radius 2 is 1.58 bits per heavy atom. The van der Waals surface area contributed by atoms with Gasteiger partial charge in [-0.1, -0.05) is 60.1 Å². The van der Waals surface area contributed by atoms with Crippen LogP contribution in [0, 0.1) is 5.92 Å². The van der Waals surface area contributed by atoms with E-state index < -0.39 is 0 Å². The predicted octanol–water partition coefficient (Wildman–Crippen LogP) is 5.30. The summed E-state index contributed by atoms with van der Waals surface area (Å²) < 4.78 is 1.11. The molecule has 0 saturated carbocycles. The molecule has 100 valence electrons. The fourth-order valence-corrected chi connectivity index (χ4v) is 2.50. The van der Waals surface area contributed by atoms with Crippen LogP contribution >= 0.6 is 15.9 Å². The van der Waals surface area contributed by atoms with E-state index in [2.05, 4.69) is 89.7 Å². The van der Waals surface area contributed by atoms with Crippen molar-refractivity contribution in [3.05, 3.63) is 64.6 Å². The fraction of sp³-hybridized carbons (Fsp3) is 0.294. The summed E-state index contributed by atoms with van der Waals surface area (Å²) in [6.45, 7) is 5.52. The van der Waals surface area contributed by atoms with Crippen molar-refractivity contribution < 1.29 is 0 Å². The second-order valence-electron chi connectivity index (χ2n) is 5.15. The van der Waals surface area contributed by atoms with Crippen LogP contribution in [0.3, 0.4) is 0 Å². The zero-order chi connectivity index (χ0) is 13.7. The van der Waals surface area contributed by atoms with Crippen LogP contribution in [-0.2, 0) is 0 Å². The van der Waals surface area contributed by atoms with Gasteiger partial charge in [-0.25, -0.2) is 0 Å². The molecule has 0 bridgehead atoms. The first-order valence-corrected chi connectivity index (χ1v) is 7.50. The zero-order valence-corrected chi connectivity index (χ0v) is 13.0. The normalized spacial score (nSPS) is 12.4. The number of halogens is 1. The monoisotopic (exact) mass is 317 g/mol. The third-order valence-electron chi connectivity index (χ3n) is 3.40. The Morgan fingerprint density at radius 3 is 2.16 bits per heavy atom. The number of anilines is 1. The molecule has 1 N–H and O–H groups in total. The molecule has 0 spiro atoms. The van der Waals surface area contributed by atoms with E-state index in [-0.39, 0.29) is 0 Å². The summed E-state index contributed by atoms with van der Waals surface area (Å²) in [7, 11) is 0. The maximum absolute atomic E-state index is 3.53. The van der Waals surface area contributed by atoms with Gasteiger partial charge in [0.25, 0.3) is 0 Å². The summed E-state index contributed by atoms with van der Waals surface area (Å²) in [5.41, 5.74) is 2.58. The summed E-state index contributed by atoms with van der Waals surface area (Å²) in [6.07, 6.45) is 0. The highest BCUT2D eigenvalue weighted by molar-refractivity contribution is 9.10. The number of hydrogen-bond donors (Lipinski definition) is 1. The minimum atomic E-state index is 0.532. The molecule has 0 aromatic heterocycles. The minimum absolute atomic E-state index is 0.532. The average molecular weight is 318 g/mol. The summed E-state index contributed by atoms with van der Waals surface area (Å²) in [6, 6.07) is 19.1. The van der Waals surface area contributed by atoms with Gasteiger partial charge in [-0.2, -0.15) is 0 Å². The van der Waals surface area contributed by atoms with Gasteiger partial charge in [0.1, 0.15) is 0 Å². The number of rotatable bonds is 5. The van der Waals surface area contributed by atoms with Crippen LogP contribution in [0.2, 0.25) is 0 Å². The van der Waals surface area contributed by atoms with Crippen LogP contribution in [0.25, 0.3) is 0 Å². The van der Waals surface area contributed by atoms with Crippen LogP contribution in [-0.4, -0.2) is 6.54 Å². The lowest BCUT2D eigenvalue weighted by molar-refractivity contribution is 0.517. The molecule has 19 heavy (non-hydrogen) atoms. The molecular formula is C17H20BrN. The maximum atomic E-state index is 3.53. The van der Waals surface area contributed by atoms with E-state index in [0.29, 0.717) is 11.8 Å². The molecule has 1 nitrogen and oxygen atoms in total. The van der Waals surface area contributed by atoms with Crippen molar-refractivity contribution in [2.75, 3.05) is 11.9 Å². The molecular weight excluding hydrogens is 298 g/mol. The van der Waals surface area contributed by atoms with Crippen molar-refractivity contribution in [1.29, 1.82) is 0 Å². The van der Waals surface area contributed by atoms with E-state index in [1.165, 1.54) is 11.3 Å². The molecule has 1 atom stereocenters. The molecule has 0 aliphatic carbocycles. The highest BCUT2D eigenvalue weighted by Gasteiger charge is 2.15. The lowest BCUT2D eigenvalue weighted by atomic mass is 9.88. The van der Waals surface area contributed by atoms with Crippen molar-refractivity contribution in [1.82, 2.24) is 0 Å². The number of nitrogens with one attached hydrogen (secondary N) is 1. The van der Waals surface area contributed by atoms with Crippen molar-refractivity contribution in [3.63, 3.8) is 0 Å². The third-order valence-corrected chi connectivity index (χ3v) is 3.93. The van der Waals surface area contributed by atoms with Gasteiger partial charge in [0.2, 0.25) is 0 Å². The Hall–Kier alpha value is -1.28. The number of benzene rings is 2. The third kappa shape index (κ3) is 4.10. The van der Waals surface area contributed by atoms with E-state index in [0.717, 1.165) is 11.0 Å². The highest BCUT2D eigenvalue weighted by atomic mass is 79.9. The lowest BCUT2D eigenvalue weighted by Gasteiger charge is -2.22. The Kier molecular flexibility index (Phi) is 5.03. The maximum Gasteiger partial charge on any atom is 0.0341 e. The second kappa shape index (κ2) is 6.76. The van der Waals surface area contributed by atoms with Crippen LogP contribution < -0.4 is 5.32 Å². The van der Waals surface area contributed by atoms with Crippen molar-refractivity contribution in [2.45, 2.75) is 19.8 Å². The first-order valence-electron chi connectivity index (χ1n) is 6.71. The quantitative estimate of drug-likeness (QED) is 0.789. The van der Waals surface area contributed by atoms with Crippen LogP contribution in [0.15, 0.2) is 59.1 Å². The molecule has 0 radical (unpaired) electrons. The Bertz CT molecular complexity index is 490. The van der Waals surface area contributed by atoms with E-state index in [4.69, 9.17) is 0 Å². The SMILES string of the molecule is CC(C)C(CNc1ccc(Br)cc1)c1ccccc1. The zero-order valence-electron chi connectivity index (χ0n) is 11.4. The summed E-state index contributed by atoms with van der Waals surface area (Å²) in [5, 5.41) is 3.53. The average Bonchev–Trinajstić information content (AvgIpc) is 2.42. The second-order valence-corrected chi connectivity index (χ2v) is 6.06. The van der Waals surface area contributed by atoms with E-state index in [9.17, 15) is 0 Å². The van der Waals surface area contributed by atoms with Crippen molar-refractivity contribution in [3.8, 4) is 0 Å². The van der Waals surface area contributed by atoms with Gasteiger partial charge in [0.15, 0.2) is 0 Å². The molecule has 0 saturated heterocycles. The van der Waals surface area contributed by atoms with E-state index in [1.807, 2.05) is 0 Å². The molecule has 1 unspecified atom stereocenters. The Morgan fingerprint density at radius 1 is 0.947 bits per heavy atom. The van der Waals surface area contributed by atoms with Crippen LogP contribution in [0.5, 0.6) is 0 Å². The first-order chi connectivity index (χ1) is 9.16. The molecule has 0 aliphatic heterocycles. The van der Waals surface area contributed by atoms with Crippen molar-refractivity contribution >= 4 is 21.6 Å². The molecule has 2 rings (SSSR count). The molecule has 0 heterocycles. The Balaban J connectivity index is 2.04. The van der Waals surface area contributed by atoms with Crippen LogP contribution in [0.1, 0.15) is 25.3 Å². The van der Waals surface area contributed by atoms with Gasteiger partial charge in [0.05, 0.1) is 0 Å². The Labute approximate surface area is 124 Å². The fourth-order valence-electron chi connectivity index (χ4n) is 2.23. The van der Waals surface area contributed by atoms with E-state index >= 15 is 0 Å². The standard InChI is InChI=1S/C17H20BrN/c1-13(2)17(14-6-4-3-5-7-14)12-19-16-10-8-15(18)9-11-16/h3-11,13,17,19H,12H2,1-2H3. The summed E-state index contributed by atoms with van der Waals surface area (Å²) >= 11 is 3.46. The van der Waals surface area contributed by atoms with Gasteiger partial charge < -0.3 is 5.32 Å².